The van der Waals surface area contributed by atoms with Crippen LogP contribution in [-0.4, -0.2) is 31.7 Å². The van der Waals surface area contributed by atoms with Crippen LogP contribution >= 0.6 is 11.6 Å². The van der Waals surface area contributed by atoms with E-state index >= 15 is 8.78 Å². The smallest absolute Gasteiger partial charge is 0.358 e. The zero-order valence-corrected chi connectivity index (χ0v) is 15.2. The Bertz CT molecular complexity index is 1020. The van der Waals surface area contributed by atoms with E-state index in [-0.39, 0.29) is 5.69 Å². The number of aromatic nitrogens is 3. The van der Waals surface area contributed by atoms with Gasteiger partial charge in [0, 0.05) is 22.3 Å². The summed E-state index contributed by atoms with van der Waals surface area (Å²) in [6.07, 6.45) is 2.01. The highest BCUT2D eigenvalue weighted by Gasteiger charge is 2.61. The van der Waals surface area contributed by atoms with Gasteiger partial charge in [0.25, 0.3) is 5.91 Å². The second kappa shape index (κ2) is 7.80. The fraction of sp³-hybridized carbons (Fsp3) is 0.167. The van der Waals surface area contributed by atoms with Crippen molar-refractivity contribution in [1.29, 1.82) is 0 Å². The van der Waals surface area contributed by atoms with E-state index in [1.165, 1.54) is 24.3 Å². The zero-order chi connectivity index (χ0) is 21.2. The highest BCUT2D eigenvalue weighted by Crippen LogP contribution is 2.41. The van der Waals surface area contributed by atoms with Crippen LogP contribution < -0.4 is 5.32 Å². The predicted octanol–water partition coefficient (Wildman–Crippen LogP) is 3.37. The van der Waals surface area contributed by atoms with Crippen molar-refractivity contribution < 1.29 is 27.5 Å². The number of carbonyl (C=O) groups excluding carboxylic acids is 1. The minimum Gasteiger partial charge on any atom is -0.377 e. The second-order valence-electron chi connectivity index (χ2n) is 6.11. The third-order valence-electron chi connectivity index (χ3n) is 4.14. The van der Waals surface area contributed by atoms with Crippen LogP contribution in [0, 0.1) is 11.6 Å². The summed E-state index contributed by atoms with van der Waals surface area (Å²) >= 11 is 5.71. The molecule has 0 bridgehead atoms. The first-order chi connectivity index (χ1) is 13.6. The Morgan fingerprint density at radius 2 is 1.86 bits per heavy atom. The maximum absolute atomic E-state index is 15.2. The standard InChI is InChI=1S/C18H13ClF4N4O2/c19-11-1-4-13(5-2-11)26-16(28)18(22,23)17(29,8-27-10-24-9-25-27)14-6-3-12(20)7-15(14)21/h1-7,9-10,29H,8H2,(H,26,28). The molecule has 2 N–H and O–H groups in total. The molecule has 1 heterocycles. The van der Waals surface area contributed by atoms with Crippen LogP contribution in [0.15, 0.2) is 55.1 Å². The summed E-state index contributed by atoms with van der Waals surface area (Å²) in [6.45, 7) is -1.03. The minimum atomic E-state index is -4.56. The van der Waals surface area contributed by atoms with Crippen molar-refractivity contribution in [2.45, 2.75) is 18.1 Å². The van der Waals surface area contributed by atoms with Gasteiger partial charge in [0.2, 0.25) is 0 Å². The minimum absolute atomic E-state index is 0.0261. The summed E-state index contributed by atoms with van der Waals surface area (Å²) in [5.74, 6) is -8.96. The normalized spacial score (nSPS) is 13.7. The van der Waals surface area contributed by atoms with Crippen molar-refractivity contribution in [3.8, 4) is 0 Å². The van der Waals surface area contributed by atoms with Crippen molar-refractivity contribution >= 4 is 23.2 Å². The molecule has 3 rings (SSSR count). The van der Waals surface area contributed by atoms with E-state index in [0.29, 0.717) is 23.2 Å². The molecule has 3 aromatic rings. The first-order valence-electron chi connectivity index (χ1n) is 8.08. The molecule has 152 valence electrons. The molecule has 0 aliphatic heterocycles. The Morgan fingerprint density at radius 1 is 1.17 bits per heavy atom. The number of benzene rings is 2. The molecular formula is C18H13ClF4N4O2. The Kier molecular flexibility index (Phi) is 5.58. The van der Waals surface area contributed by atoms with Gasteiger partial charge >= 0.3 is 5.92 Å². The third-order valence-corrected chi connectivity index (χ3v) is 4.39. The fourth-order valence-electron chi connectivity index (χ4n) is 2.66. The van der Waals surface area contributed by atoms with E-state index in [4.69, 9.17) is 11.6 Å². The van der Waals surface area contributed by atoms with Crippen LogP contribution in [0.1, 0.15) is 5.56 Å². The lowest BCUT2D eigenvalue weighted by molar-refractivity contribution is -0.198. The Morgan fingerprint density at radius 3 is 2.45 bits per heavy atom. The lowest BCUT2D eigenvalue weighted by Gasteiger charge is -2.35. The van der Waals surface area contributed by atoms with Gasteiger partial charge in [0.15, 0.2) is 5.60 Å². The molecule has 2 aromatic carbocycles. The molecule has 0 fully saturated rings. The molecule has 1 unspecified atom stereocenters. The van der Waals surface area contributed by atoms with Crippen molar-refractivity contribution in [2.75, 3.05) is 5.32 Å². The van der Waals surface area contributed by atoms with E-state index in [1.807, 2.05) is 5.32 Å². The van der Waals surface area contributed by atoms with E-state index in [9.17, 15) is 18.7 Å². The molecule has 0 aliphatic carbocycles. The van der Waals surface area contributed by atoms with Gasteiger partial charge in [-0.3, -0.25) is 4.79 Å². The summed E-state index contributed by atoms with van der Waals surface area (Å²) in [4.78, 5) is 15.9. The van der Waals surface area contributed by atoms with Gasteiger partial charge in [-0.2, -0.15) is 13.9 Å². The van der Waals surface area contributed by atoms with Crippen molar-refractivity contribution in [1.82, 2.24) is 14.8 Å². The molecule has 1 atom stereocenters. The SMILES string of the molecule is O=C(Nc1ccc(Cl)cc1)C(F)(F)C(O)(Cn1cncn1)c1ccc(F)cc1F. The third kappa shape index (κ3) is 4.08. The molecule has 0 radical (unpaired) electrons. The second-order valence-corrected chi connectivity index (χ2v) is 6.55. The summed E-state index contributed by atoms with van der Waals surface area (Å²) in [6, 6.07) is 6.92. The van der Waals surface area contributed by atoms with E-state index in [2.05, 4.69) is 10.1 Å². The van der Waals surface area contributed by atoms with Gasteiger partial charge in [-0.1, -0.05) is 11.6 Å². The number of halogens is 5. The highest BCUT2D eigenvalue weighted by atomic mass is 35.5. The van der Waals surface area contributed by atoms with Gasteiger partial charge in [-0.15, -0.1) is 0 Å². The molecule has 0 aliphatic rings. The fourth-order valence-corrected chi connectivity index (χ4v) is 2.78. The quantitative estimate of drug-likeness (QED) is 0.590. The van der Waals surface area contributed by atoms with Crippen LogP contribution in [0.2, 0.25) is 5.02 Å². The monoisotopic (exact) mass is 428 g/mol. The molecule has 11 heteroatoms. The molecule has 29 heavy (non-hydrogen) atoms. The van der Waals surface area contributed by atoms with Crippen molar-refractivity contribution in [3.63, 3.8) is 0 Å². The number of amides is 1. The number of aliphatic hydroxyl groups is 1. The average Bonchev–Trinajstić information content (AvgIpc) is 3.16. The summed E-state index contributed by atoms with van der Waals surface area (Å²) in [7, 11) is 0. The number of carbonyl (C=O) groups is 1. The summed E-state index contributed by atoms with van der Waals surface area (Å²) in [5, 5.41) is 16.7. The number of nitrogens with zero attached hydrogens (tertiary/aromatic N) is 3. The molecule has 1 aromatic heterocycles. The van der Waals surface area contributed by atoms with Gasteiger partial charge in [-0.25, -0.2) is 18.4 Å². The first kappa shape index (κ1) is 20.7. The van der Waals surface area contributed by atoms with Crippen LogP contribution in [0.5, 0.6) is 0 Å². The predicted molar refractivity (Wildman–Crippen MR) is 95.3 cm³/mol. The highest BCUT2D eigenvalue weighted by molar-refractivity contribution is 6.30. The van der Waals surface area contributed by atoms with Crippen molar-refractivity contribution in [2.24, 2.45) is 0 Å². The molecule has 6 nitrogen and oxygen atoms in total. The number of anilines is 1. The van der Waals surface area contributed by atoms with Crippen molar-refractivity contribution in [3.05, 3.63) is 77.3 Å². The zero-order valence-electron chi connectivity index (χ0n) is 14.5. The topological polar surface area (TPSA) is 80.0 Å². The maximum atomic E-state index is 15.2. The van der Waals surface area contributed by atoms with E-state index < -0.39 is 41.2 Å². The van der Waals surface area contributed by atoms with Crippen LogP contribution in [0.4, 0.5) is 23.2 Å². The van der Waals surface area contributed by atoms with Gasteiger partial charge in [0.1, 0.15) is 24.3 Å². The summed E-state index contributed by atoms with van der Waals surface area (Å²) in [5.41, 5.74) is -4.41. The average molecular weight is 429 g/mol. The molecule has 0 saturated heterocycles. The molecular weight excluding hydrogens is 416 g/mol. The van der Waals surface area contributed by atoms with Gasteiger partial charge in [0.05, 0.1) is 6.54 Å². The first-order valence-corrected chi connectivity index (χ1v) is 8.46. The molecule has 1 amide bonds. The van der Waals surface area contributed by atoms with E-state index in [1.54, 1.807) is 0 Å². The van der Waals surface area contributed by atoms with Crippen LogP contribution in [0.3, 0.4) is 0 Å². The van der Waals surface area contributed by atoms with Gasteiger partial charge in [-0.05, 0) is 36.4 Å². The van der Waals surface area contributed by atoms with Crippen LogP contribution in [-0.2, 0) is 16.9 Å². The Balaban J connectivity index is 2.03. The van der Waals surface area contributed by atoms with E-state index in [0.717, 1.165) is 17.3 Å². The largest absolute Gasteiger partial charge is 0.377 e. The summed E-state index contributed by atoms with van der Waals surface area (Å²) < 4.78 is 58.7. The Hall–Kier alpha value is -2.98. The van der Waals surface area contributed by atoms with Gasteiger partial charge < -0.3 is 10.4 Å². The lowest BCUT2D eigenvalue weighted by atomic mass is 9.85. The Labute approximate surface area is 166 Å². The number of nitrogens with one attached hydrogen (secondary N) is 1. The molecule has 0 spiro atoms. The number of alkyl halides is 2. The molecule has 0 saturated carbocycles. The lowest BCUT2D eigenvalue weighted by Crippen LogP contribution is -2.55. The van der Waals surface area contributed by atoms with Crippen LogP contribution in [0.25, 0.3) is 0 Å². The number of hydrogen-bond acceptors (Lipinski definition) is 4. The number of rotatable bonds is 6. The number of hydrogen-bond donors (Lipinski definition) is 2. The maximum Gasteiger partial charge on any atom is 0.358 e.